The Hall–Kier alpha value is -3.41. The lowest BCUT2D eigenvalue weighted by Crippen LogP contribution is -2.43. The molecule has 34 heavy (non-hydrogen) atoms. The van der Waals surface area contributed by atoms with Gasteiger partial charge in [0.1, 0.15) is 12.4 Å². The predicted octanol–water partition coefficient (Wildman–Crippen LogP) is 5.15. The summed E-state index contributed by atoms with van der Waals surface area (Å²) in [6.07, 6.45) is 5.64. The molecule has 3 aromatic rings. The first-order valence-electron chi connectivity index (χ1n) is 12.2. The Kier molecular flexibility index (Phi) is 7.46. The molecule has 6 heteroatoms. The highest BCUT2D eigenvalue weighted by Crippen LogP contribution is 2.26. The zero-order valence-corrected chi connectivity index (χ0v) is 20.2. The summed E-state index contributed by atoms with van der Waals surface area (Å²) in [5, 5.41) is 2.96. The van der Waals surface area contributed by atoms with Gasteiger partial charge in [0.15, 0.2) is 0 Å². The van der Waals surface area contributed by atoms with E-state index in [1.165, 1.54) is 6.42 Å². The van der Waals surface area contributed by atoms with Crippen LogP contribution in [0.3, 0.4) is 0 Å². The van der Waals surface area contributed by atoms with Crippen LogP contribution in [0.15, 0.2) is 66.7 Å². The van der Waals surface area contributed by atoms with Crippen molar-refractivity contribution in [1.82, 2.24) is 19.8 Å². The number of nitrogens with one attached hydrogen (secondary N) is 1. The SMILES string of the molecule is C=C(C)C(=O)NC(C)c1nc2ccccc2n1CC(=O)N(Cc1ccccc1)C1CCCCC1. The summed E-state index contributed by atoms with van der Waals surface area (Å²) in [5.74, 6) is 0.538. The Morgan fingerprint density at radius 2 is 1.76 bits per heavy atom. The number of hydrogen-bond acceptors (Lipinski definition) is 3. The molecule has 0 saturated heterocycles. The van der Waals surface area contributed by atoms with Crippen LogP contribution in [-0.2, 0) is 22.7 Å². The van der Waals surface area contributed by atoms with Crippen molar-refractivity contribution in [2.24, 2.45) is 0 Å². The first-order valence-corrected chi connectivity index (χ1v) is 12.2. The Balaban J connectivity index is 1.65. The van der Waals surface area contributed by atoms with E-state index in [2.05, 4.69) is 28.9 Å². The van der Waals surface area contributed by atoms with Crippen LogP contribution in [0.25, 0.3) is 11.0 Å². The molecule has 0 aliphatic heterocycles. The Bertz CT molecular complexity index is 1160. The van der Waals surface area contributed by atoms with E-state index in [1.807, 2.05) is 54.0 Å². The van der Waals surface area contributed by atoms with Gasteiger partial charge in [-0.15, -0.1) is 0 Å². The van der Waals surface area contributed by atoms with Crippen molar-refractivity contribution in [2.45, 2.75) is 71.1 Å². The quantitative estimate of drug-likeness (QED) is 0.475. The standard InChI is InChI=1S/C28H34N4O2/c1-20(2)28(34)29-21(3)27-30-24-16-10-11-17-25(24)32(27)19-26(33)31(23-14-8-5-9-15-23)18-22-12-6-4-7-13-22/h4,6-7,10-13,16-17,21,23H,1,5,8-9,14-15,18-19H2,2-3H3,(H,29,34). The van der Waals surface area contributed by atoms with E-state index in [-0.39, 0.29) is 30.4 Å². The van der Waals surface area contributed by atoms with Gasteiger partial charge in [0.05, 0.1) is 17.1 Å². The number of nitrogens with zero attached hydrogens (tertiary/aromatic N) is 3. The molecule has 1 fully saturated rings. The fourth-order valence-electron chi connectivity index (χ4n) is 4.80. The number of imidazole rings is 1. The van der Waals surface area contributed by atoms with E-state index >= 15 is 0 Å². The van der Waals surface area contributed by atoms with Crippen molar-refractivity contribution in [3.63, 3.8) is 0 Å². The molecule has 0 spiro atoms. The number of amides is 2. The molecule has 1 atom stereocenters. The van der Waals surface area contributed by atoms with E-state index in [1.54, 1.807) is 6.92 Å². The molecular weight excluding hydrogens is 424 g/mol. The van der Waals surface area contributed by atoms with E-state index in [0.29, 0.717) is 17.9 Å². The van der Waals surface area contributed by atoms with Gasteiger partial charge >= 0.3 is 0 Å². The van der Waals surface area contributed by atoms with Crippen LogP contribution in [0.5, 0.6) is 0 Å². The van der Waals surface area contributed by atoms with Crippen molar-refractivity contribution in [3.05, 3.63) is 78.1 Å². The second kappa shape index (κ2) is 10.7. The summed E-state index contributed by atoms with van der Waals surface area (Å²) in [6, 6.07) is 17.9. The highest BCUT2D eigenvalue weighted by atomic mass is 16.2. The minimum absolute atomic E-state index is 0.0820. The molecule has 1 saturated carbocycles. The van der Waals surface area contributed by atoms with Gasteiger partial charge in [0, 0.05) is 18.2 Å². The molecule has 1 N–H and O–H groups in total. The highest BCUT2D eigenvalue weighted by molar-refractivity contribution is 5.92. The molecule has 1 aliphatic rings. The average Bonchev–Trinajstić information content (AvgIpc) is 3.22. The molecule has 6 nitrogen and oxygen atoms in total. The lowest BCUT2D eigenvalue weighted by Gasteiger charge is -2.35. The van der Waals surface area contributed by atoms with Gasteiger partial charge in [-0.3, -0.25) is 9.59 Å². The molecule has 0 bridgehead atoms. The van der Waals surface area contributed by atoms with Crippen LogP contribution in [-0.4, -0.2) is 32.3 Å². The molecular formula is C28H34N4O2. The second-order valence-electron chi connectivity index (χ2n) is 9.32. The number of para-hydroxylation sites is 2. The third-order valence-electron chi connectivity index (χ3n) is 6.63. The number of rotatable bonds is 8. The molecule has 1 unspecified atom stereocenters. The van der Waals surface area contributed by atoms with Crippen molar-refractivity contribution in [2.75, 3.05) is 0 Å². The first-order chi connectivity index (χ1) is 16.4. The minimum Gasteiger partial charge on any atom is -0.343 e. The first kappa shape index (κ1) is 23.7. The van der Waals surface area contributed by atoms with Crippen LogP contribution >= 0.6 is 0 Å². The number of carbonyl (C=O) groups excluding carboxylic acids is 2. The van der Waals surface area contributed by atoms with Crippen LogP contribution in [0.4, 0.5) is 0 Å². The van der Waals surface area contributed by atoms with Crippen molar-refractivity contribution < 1.29 is 9.59 Å². The summed E-state index contributed by atoms with van der Waals surface area (Å²) in [6.45, 7) is 8.10. The van der Waals surface area contributed by atoms with Crippen molar-refractivity contribution >= 4 is 22.8 Å². The normalized spacial score (nSPS) is 15.1. The van der Waals surface area contributed by atoms with Crippen molar-refractivity contribution in [1.29, 1.82) is 0 Å². The van der Waals surface area contributed by atoms with E-state index in [9.17, 15) is 9.59 Å². The maximum atomic E-state index is 13.8. The van der Waals surface area contributed by atoms with Crippen molar-refractivity contribution in [3.8, 4) is 0 Å². The van der Waals surface area contributed by atoms with Gasteiger partial charge in [0.2, 0.25) is 11.8 Å². The van der Waals surface area contributed by atoms with E-state index in [0.717, 1.165) is 42.3 Å². The summed E-state index contributed by atoms with van der Waals surface area (Å²) in [7, 11) is 0. The average molecular weight is 459 g/mol. The molecule has 2 aromatic carbocycles. The van der Waals surface area contributed by atoms with Crippen LogP contribution in [0.2, 0.25) is 0 Å². The van der Waals surface area contributed by atoms with Gasteiger partial charge < -0.3 is 14.8 Å². The fraction of sp³-hybridized carbons (Fsp3) is 0.393. The van der Waals surface area contributed by atoms with Gasteiger partial charge in [-0.25, -0.2) is 4.98 Å². The van der Waals surface area contributed by atoms with Crippen LogP contribution in [0, 0.1) is 0 Å². The van der Waals surface area contributed by atoms with Gasteiger partial charge in [-0.1, -0.05) is 68.3 Å². The number of carbonyl (C=O) groups is 2. The van der Waals surface area contributed by atoms with E-state index in [4.69, 9.17) is 4.98 Å². The summed E-state index contributed by atoms with van der Waals surface area (Å²) >= 11 is 0. The molecule has 4 rings (SSSR count). The van der Waals surface area contributed by atoms with Crippen LogP contribution < -0.4 is 5.32 Å². The molecule has 1 heterocycles. The largest absolute Gasteiger partial charge is 0.343 e. The zero-order valence-electron chi connectivity index (χ0n) is 20.2. The second-order valence-corrected chi connectivity index (χ2v) is 9.32. The topological polar surface area (TPSA) is 67.2 Å². The van der Waals surface area contributed by atoms with Gasteiger partial charge in [-0.05, 0) is 44.4 Å². The minimum atomic E-state index is -0.360. The van der Waals surface area contributed by atoms with E-state index < -0.39 is 0 Å². The summed E-state index contributed by atoms with van der Waals surface area (Å²) < 4.78 is 1.96. The molecule has 1 aromatic heterocycles. The Labute approximate surface area is 201 Å². The smallest absolute Gasteiger partial charge is 0.246 e. The molecule has 1 aliphatic carbocycles. The van der Waals surface area contributed by atoms with Gasteiger partial charge in [0.25, 0.3) is 0 Å². The van der Waals surface area contributed by atoms with Crippen LogP contribution in [0.1, 0.15) is 63.4 Å². The number of fused-ring (bicyclic) bond motifs is 1. The monoisotopic (exact) mass is 458 g/mol. The van der Waals surface area contributed by atoms with Gasteiger partial charge in [-0.2, -0.15) is 0 Å². The number of aromatic nitrogens is 2. The Morgan fingerprint density at radius 3 is 2.47 bits per heavy atom. The lowest BCUT2D eigenvalue weighted by molar-refractivity contribution is -0.135. The third-order valence-corrected chi connectivity index (χ3v) is 6.63. The number of hydrogen-bond donors (Lipinski definition) is 1. The molecule has 2 amide bonds. The predicted molar refractivity (Wildman–Crippen MR) is 135 cm³/mol. The zero-order chi connectivity index (χ0) is 24.1. The molecule has 0 radical (unpaired) electrons. The molecule has 178 valence electrons. The third kappa shape index (κ3) is 5.38. The summed E-state index contributed by atoms with van der Waals surface area (Å²) in [4.78, 5) is 33.0. The Morgan fingerprint density at radius 1 is 1.09 bits per heavy atom. The lowest BCUT2D eigenvalue weighted by atomic mass is 9.93. The maximum absolute atomic E-state index is 13.8. The maximum Gasteiger partial charge on any atom is 0.246 e. The fourth-order valence-corrected chi connectivity index (χ4v) is 4.80. The number of benzene rings is 2. The highest BCUT2D eigenvalue weighted by Gasteiger charge is 2.28. The summed E-state index contributed by atoms with van der Waals surface area (Å²) in [5.41, 5.74) is 3.29.